The van der Waals surface area contributed by atoms with Crippen molar-refractivity contribution in [2.45, 2.75) is 13.5 Å². The molecule has 0 atom stereocenters. The molecule has 5 nitrogen and oxygen atoms in total. The average Bonchev–Trinajstić information content (AvgIpc) is 2.48. The van der Waals surface area contributed by atoms with Crippen molar-refractivity contribution in [2.24, 2.45) is 0 Å². The van der Waals surface area contributed by atoms with Crippen LogP contribution in [-0.4, -0.2) is 19.2 Å². The molecule has 1 aromatic rings. The summed E-state index contributed by atoms with van der Waals surface area (Å²) in [7, 11) is -3.13. The van der Waals surface area contributed by atoms with Crippen LogP contribution in [-0.2, 0) is 16.6 Å². The van der Waals surface area contributed by atoms with Gasteiger partial charge >= 0.3 is 0 Å². The zero-order valence-corrected chi connectivity index (χ0v) is 8.78. The molecule has 0 aliphatic rings. The molecule has 0 radical (unpaired) electrons. The van der Waals surface area contributed by atoms with Crippen LogP contribution in [0.2, 0.25) is 0 Å². The summed E-state index contributed by atoms with van der Waals surface area (Å²) in [4.78, 5) is 3.92. The molecule has 0 unspecified atom stereocenters. The lowest BCUT2D eigenvalue weighted by atomic mass is 10.5. The Hall–Kier alpha value is -0.660. The Labute approximate surface area is 81.0 Å². The predicted molar refractivity (Wildman–Crippen MR) is 52.8 cm³/mol. The van der Waals surface area contributed by atoms with Gasteiger partial charge in [0.25, 0.3) is 0 Å². The summed E-state index contributed by atoms with van der Waals surface area (Å²) in [5.74, 6) is 0.0760. The van der Waals surface area contributed by atoms with Gasteiger partial charge in [-0.1, -0.05) is 0 Å². The van der Waals surface area contributed by atoms with Gasteiger partial charge in [0, 0.05) is 5.38 Å². The highest BCUT2D eigenvalue weighted by atomic mass is 32.2. The molecule has 1 heterocycles. The normalized spacial score (nSPS) is 11.8. The van der Waals surface area contributed by atoms with Crippen molar-refractivity contribution in [2.75, 3.05) is 11.5 Å². The van der Waals surface area contributed by atoms with Gasteiger partial charge in [0.05, 0.1) is 18.0 Å². The van der Waals surface area contributed by atoms with Crippen molar-refractivity contribution in [3.05, 3.63) is 11.1 Å². The first kappa shape index (κ1) is 10.4. The number of anilines is 1. The fourth-order valence-electron chi connectivity index (χ4n) is 0.690. The van der Waals surface area contributed by atoms with Gasteiger partial charge < -0.3 is 5.73 Å². The molecule has 7 heteroatoms. The maximum absolute atomic E-state index is 11.0. The number of nitrogens with zero attached hydrogens (tertiary/aromatic N) is 1. The van der Waals surface area contributed by atoms with Gasteiger partial charge in [-0.05, 0) is 6.92 Å². The van der Waals surface area contributed by atoms with E-state index in [1.165, 1.54) is 11.3 Å². The van der Waals surface area contributed by atoms with E-state index in [-0.39, 0.29) is 12.3 Å². The molecule has 0 bridgehead atoms. The monoisotopic (exact) mass is 221 g/mol. The summed E-state index contributed by atoms with van der Waals surface area (Å²) in [5, 5.41) is 2.18. The van der Waals surface area contributed by atoms with Crippen LogP contribution in [0.3, 0.4) is 0 Å². The number of hydrogen-bond donors (Lipinski definition) is 2. The largest absolute Gasteiger partial charge is 0.375 e. The van der Waals surface area contributed by atoms with E-state index in [4.69, 9.17) is 5.73 Å². The Morgan fingerprint density at radius 1 is 1.69 bits per heavy atom. The minimum absolute atomic E-state index is 0.0760. The van der Waals surface area contributed by atoms with Gasteiger partial charge in [-0.25, -0.2) is 18.1 Å². The second-order valence-corrected chi connectivity index (χ2v) is 5.39. The zero-order chi connectivity index (χ0) is 9.90. The molecule has 0 aliphatic carbocycles. The zero-order valence-electron chi connectivity index (χ0n) is 7.15. The van der Waals surface area contributed by atoms with Crippen LogP contribution in [0.25, 0.3) is 0 Å². The van der Waals surface area contributed by atoms with Gasteiger partial charge in [0.15, 0.2) is 5.13 Å². The third-order valence-corrected chi connectivity index (χ3v) is 3.49. The quantitative estimate of drug-likeness (QED) is 0.758. The highest BCUT2D eigenvalue weighted by Crippen LogP contribution is 2.10. The first-order valence-corrected chi connectivity index (χ1v) is 6.24. The standard InChI is InChI=1S/C6H11N3O2S2/c1-2-13(10,11)8-3-5-4-12-6(7)9-5/h4,8H,2-3H2,1H3,(H2,7,9). The molecule has 0 saturated heterocycles. The maximum atomic E-state index is 11.0. The van der Waals surface area contributed by atoms with Crippen LogP contribution in [0.1, 0.15) is 12.6 Å². The van der Waals surface area contributed by atoms with E-state index >= 15 is 0 Å². The van der Waals surface area contributed by atoms with Gasteiger partial charge in [-0.2, -0.15) is 0 Å². The lowest BCUT2D eigenvalue weighted by Crippen LogP contribution is -2.24. The molecule has 1 rings (SSSR count). The number of nitrogens with one attached hydrogen (secondary N) is 1. The second-order valence-electron chi connectivity index (χ2n) is 2.40. The lowest BCUT2D eigenvalue weighted by molar-refractivity contribution is 0.582. The average molecular weight is 221 g/mol. The SMILES string of the molecule is CCS(=O)(=O)NCc1csc(N)n1. The fourth-order valence-corrected chi connectivity index (χ4v) is 1.82. The van der Waals surface area contributed by atoms with Crippen LogP contribution < -0.4 is 10.5 Å². The summed E-state index contributed by atoms with van der Waals surface area (Å²) in [6.45, 7) is 1.79. The van der Waals surface area contributed by atoms with E-state index in [0.29, 0.717) is 10.8 Å². The minimum Gasteiger partial charge on any atom is -0.375 e. The van der Waals surface area contributed by atoms with Crippen molar-refractivity contribution in [3.8, 4) is 0 Å². The van der Waals surface area contributed by atoms with Crippen LogP contribution in [0, 0.1) is 0 Å². The summed E-state index contributed by atoms with van der Waals surface area (Å²) in [5.41, 5.74) is 6.03. The third kappa shape index (κ3) is 3.29. The van der Waals surface area contributed by atoms with Crippen molar-refractivity contribution < 1.29 is 8.42 Å². The van der Waals surface area contributed by atoms with Crippen LogP contribution >= 0.6 is 11.3 Å². The minimum atomic E-state index is -3.13. The first-order chi connectivity index (χ1) is 6.03. The Morgan fingerprint density at radius 3 is 2.85 bits per heavy atom. The molecule has 74 valence electrons. The number of thiazole rings is 1. The third-order valence-electron chi connectivity index (χ3n) is 1.42. The summed E-state index contributed by atoms with van der Waals surface area (Å²) in [6, 6.07) is 0. The smallest absolute Gasteiger partial charge is 0.211 e. The second kappa shape index (κ2) is 4.03. The number of nitrogens with two attached hydrogens (primary N) is 1. The van der Waals surface area contributed by atoms with Gasteiger partial charge in [-0.15, -0.1) is 11.3 Å². The van der Waals surface area contributed by atoms with Gasteiger partial charge in [0.1, 0.15) is 0 Å². The van der Waals surface area contributed by atoms with Crippen LogP contribution in [0.15, 0.2) is 5.38 Å². The van der Waals surface area contributed by atoms with E-state index in [1.807, 2.05) is 0 Å². The van der Waals surface area contributed by atoms with E-state index in [2.05, 4.69) is 9.71 Å². The Bertz CT molecular complexity index is 371. The molecule has 0 aromatic carbocycles. The predicted octanol–water partition coefficient (Wildman–Crippen LogP) is 0.165. The molecule has 1 aromatic heterocycles. The molecule has 0 amide bonds. The van der Waals surface area contributed by atoms with E-state index in [1.54, 1.807) is 12.3 Å². The number of rotatable bonds is 4. The fraction of sp³-hybridized carbons (Fsp3) is 0.500. The first-order valence-electron chi connectivity index (χ1n) is 3.70. The Kier molecular flexibility index (Phi) is 3.23. The highest BCUT2D eigenvalue weighted by Gasteiger charge is 2.06. The van der Waals surface area contributed by atoms with Crippen molar-refractivity contribution in [1.82, 2.24) is 9.71 Å². The Morgan fingerprint density at radius 2 is 2.38 bits per heavy atom. The maximum Gasteiger partial charge on any atom is 0.211 e. The lowest BCUT2D eigenvalue weighted by Gasteiger charge is -2.00. The molecule has 0 aliphatic heterocycles. The molecule has 0 saturated carbocycles. The van der Waals surface area contributed by atoms with Crippen LogP contribution in [0.4, 0.5) is 5.13 Å². The molecule has 0 fully saturated rings. The molecular formula is C6H11N3O2S2. The van der Waals surface area contributed by atoms with Gasteiger partial charge in [-0.3, -0.25) is 0 Å². The van der Waals surface area contributed by atoms with E-state index in [0.717, 1.165) is 0 Å². The summed E-state index contributed by atoms with van der Waals surface area (Å²) >= 11 is 1.29. The summed E-state index contributed by atoms with van der Waals surface area (Å²) in [6.07, 6.45) is 0. The molecule has 13 heavy (non-hydrogen) atoms. The number of nitrogen functional groups attached to an aromatic ring is 1. The molecular weight excluding hydrogens is 210 g/mol. The number of sulfonamides is 1. The van der Waals surface area contributed by atoms with E-state index < -0.39 is 10.0 Å². The van der Waals surface area contributed by atoms with Crippen molar-refractivity contribution in [1.29, 1.82) is 0 Å². The van der Waals surface area contributed by atoms with Crippen LogP contribution in [0.5, 0.6) is 0 Å². The summed E-state index contributed by atoms with van der Waals surface area (Å²) < 4.78 is 24.4. The number of aromatic nitrogens is 1. The van der Waals surface area contributed by atoms with Gasteiger partial charge in [0.2, 0.25) is 10.0 Å². The van der Waals surface area contributed by atoms with E-state index in [9.17, 15) is 8.42 Å². The highest BCUT2D eigenvalue weighted by molar-refractivity contribution is 7.89. The Balaban J connectivity index is 2.53. The molecule has 3 N–H and O–H groups in total. The van der Waals surface area contributed by atoms with Crippen molar-refractivity contribution >= 4 is 26.5 Å². The molecule has 0 spiro atoms. The topological polar surface area (TPSA) is 85.1 Å². The van der Waals surface area contributed by atoms with Crippen molar-refractivity contribution in [3.63, 3.8) is 0 Å². The number of hydrogen-bond acceptors (Lipinski definition) is 5.